The fourth-order valence-electron chi connectivity index (χ4n) is 2.36. The third kappa shape index (κ3) is 3.68. The van der Waals surface area contributed by atoms with Crippen LogP contribution in [0.5, 0.6) is 0 Å². The molecule has 10 heteroatoms. The van der Waals surface area contributed by atoms with Gasteiger partial charge in [-0.05, 0) is 41.6 Å². The van der Waals surface area contributed by atoms with Crippen LogP contribution < -0.4 is 5.32 Å². The van der Waals surface area contributed by atoms with Gasteiger partial charge < -0.3 is 5.32 Å². The Bertz CT molecular complexity index is 910. The number of carbonyl (C=O) groups is 1. The topological polar surface area (TPSA) is 85.6 Å². The standard InChI is InChI=1S/C16H13F3N6O/c1-10-22-23-24-25(10)13-6-2-4-11(8-13)15(26)21-14(16(17,18)19)12-5-3-7-20-9-12/h2-9,14H,1H3,(H,21,26). The number of nitrogens with one attached hydrogen (secondary N) is 1. The number of benzene rings is 1. The number of rotatable bonds is 4. The van der Waals surface area contributed by atoms with Gasteiger partial charge >= 0.3 is 6.18 Å². The Morgan fingerprint density at radius 2 is 2.04 bits per heavy atom. The lowest BCUT2D eigenvalue weighted by atomic mass is 10.1. The number of alkyl halides is 3. The highest BCUT2D eigenvalue weighted by atomic mass is 19.4. The first-order valence-electron chi connectivity index (χ1n) is 7.49. The number of amides is 1. The average Bonchev–Trinajstić information content (AvgIpc) is 3.05. The Balaban J connectivity index is 1.88. The molecule has 1 aromatic carbocycles. The fraction of sp³-hybridized carbons (Fsp3) is 0.188. The molecular formula is C16H13F3N6O. The van der Waals surface area contributed by atoms with E-state index in [0.29, 0.717) is 11.5 Å². The number of nitrogens with zero attached hydrogens (tertiary/aromatic N) is 5. The summed E-state index contributed by atoms with van der Waals surface area (Å²) in [5.41, 5.74) is 0.362. The summed E-state index contributed by atoms with van der Waals surface area (Å²) in [6.45, 7) is 1.66. The SMILES string of the molecule is Cc1nnnn1-c1cccc(C(=O)NC(c2cccnc2)C(F)(F)F)c1. The van der Waals surface area contributed by atoms with Gasteiger partial charge in [-0.25, -0.2) is 0 Å². The van der Waals surface area contributed by atoms with Gasteiger partial charge in [-0.2, -0.15) is 17.9 Å². The summed E-state index contributed by atoms with van der Waals surface area (Å²) in [6.07, 6.45) is -2.24. The first-order chi connectivity index (χ1) is 12.4. The molecule has 0 fully saturated rings. The molecule has 3 rings (SSSR count). The Labute approximate surface area is 145 Å². The molecular weight excluding hydrogens is 349 g/mol. The van der Waals surface area contributed by atoms with Crippen LogP contribution in [0.1, 0.15) is 27.8 Å². The van der Waals surface area contributed by atoms with E-state index in [2.05, 4.69) is 20.5 Å². The Morgan fingerprint density at radius 1 is 1.23 bits per heavy atom. The summed E-state index contributed by atoms with van der Waals surface area (Å²) in [4.78, 5) is 16.1. The third-order valence-corrected chi connectivity index (χ3v) is 3.60. The zero-order valence-electron chi connectivity index (χ0n) is 13.5. The molecule has 0 aliphatic heterocycles. The van der Waals surface area contributed by atoms with E-state index in [9.17, 15) is 18.0 Å². The monoisotopic (exact) mass is 362 g/mol. The summed E-state index contributed by atoms with van der Waals surface area (Å²) in [5.74, 6) is -0.394. The number of carbonyl (C=O) groups excluding carboxylic acids is 1. The second-order valence-electron chi connectivity index (χ2n) is 5.42. The maximum atomic E-state index is 13.4. The molecule has 0 aliphatic carbocycles. The quantitative estimate of drug-likeness (QED) is 0.770. The van der Waals surface area contributed by atoms with Gasteiger partial charge in [0.05, 0.1) is 5.69 Å². The molecule has 1 atom stereocenters. The first-order valence-corrected chi connectivity index (χ1v) is 7.49. The molecule has 3 aromatic rings. The highest BCUT2D eigenvalue weighted by Crippen LogP contribution is 2.32. The smallest absolute Gasteiger partial charge is 0.337 e. The van der Waals surface area contributed by atoms with E-state index in [1.165, 1.54) is 41.2 Å². The minimum absolute atomic E-state index is 0.0514. The molecule has 0 saturated heterocycles. The summed E-state index contributed by atoms with van der Waals surface area (Å²) in [5, 5.41) is 13.0. The molecule has 0 bridgehead atoms. The maximum absolute atomic E-state index is 13.4. The molecule has 2 aromatic heterocycles. The molecule has 1 amide bonds. The molecule has 0 radical (unpaired) electrons. The predicted molar refractivity (Wildman–Crippen MR) is 84.4 cm³/mol. The summed E-state index contributed by atoms with van der Waals surface area (Å²) >= 11 is 0. The van der Waals surface area contributed by atoms with Crippen LogP contribution in [0.15, 0.2) is 48.8 Å². The van der Waals surface area contributed by atoms with Crippen molar-refractivity contribution in [2.24, 2.45) is 0 Å². The zero-order chi connectivity index (χ0) is 18.7. The number of aryl methyl sites for hydroxylation is 1. The van der Waals surface area contributed by atoms with Crippen LogP contribution in [-0.4, -0.2) is 37.3 Å². The lowest BCUT2D eigenvalue weighted by Crippen LogP contribution is -2.38. The number of hydrogen-bond donors (Lipinski definition) is 1. The molecule has 7 nitrogen and oxygen atoms in total. The van der Waals surface area contributed by atoms with Gasteiger partial charge in [0.25, 0.3) is 5.91 Å². The van der Waals surface area contributed by atoms with Gasteiger partial charge in [0.1, 0.15) is 0 Å². The number of halogens is 3. The number of tetrazole rings is 1. The maximum Gasteiger partial charge on any atom is 0.412 e. The summed E-state index contributed by atoms with van der Waals surface area (Å²) in [6, 6.07) is 6.47. The highest BCUT2D eigenvalue weighted by molar-refractivity contribution is 5.95. The number of aromatic nitrogens is 5. The highest BCUT2D eigenvalue weighted by Gasteiger charge is 2.42. The second kappa shape index (κ2) is 6.90. The van der Waals surface area contributed by atoms with Crippen molar-refractivity contribution in [2.75, 3.05) is 0 Å². The van der Waals surface area contributed by atoms with Crippen molar-refractivity contribution < 1.29 is 18.0 Å². The fourth-order valence-corrected chi connectivity index (χ4v) is 2.36. The third-order valence-electron chi connectivity index (χ3n) is 3.60. The van der Waals surface area contributed by atoms with Crippen LogP contribution in [0.3, 0.4) is 0 Å². The van der Waals surface area contributed by atoms with E-state index >= 15 is 0 Å². The van der Waals surface area contributed by atoms with E-state index in [-0.39, 0.29) is 11.1 Å². The van der Waals surface area contributed by atoms with Crippen molar-refractivity contribution in [3.63, 3.8) is 0 Å². The Hall–Kier alpha value is -3.30. The lowest BCUT2D eigenvalue weighted by molar-refractivity contribution is -0.155. The van der Waals surface area contributed by atoms with Crippen molar-refractivity contribution in [3.8, 4) is 5.69 Å². The second-order valence-corrected chi connectivity index (χ2v) is 5.42. The van der Waals surface area contributed by atoms with Crippen LogP contribution in [0, 0.1) is 6.92 Å². The number of pyridine rings is 1. The van der Waals surface area contributed by atoms with Crippen molar-refractivity contribution >= 4 is 5.91 Å². The van der Waals surface area contributed by atoms with Gasteiger partial charge in [-0.1, -0.05) is 12.1 Å². The van der Waals surface area contributed by atoms with Gasteiger partial charge in [-0.3, -0.25) is 9.78 Å². The van der Waals surface area contributed by atoms with E-state index in [1.54, 1.807) is 13.0 Å². The minimum atomic E-state index is -4.66. The van der Waals surface area contributed by atoms with Crippen molar-refractivity contribution in [1.82, 2.24) is 30.5 Å². The van der Waals surface area contributed by atoms with E-state index in [4.69, 9.17) is 0 Å². The average molecular weight is 362 g/mol. The van der Waals surface area contributed by atoms with E-state index in [1.807, 2.05) is 5.32 Å². The molecule has 0 saturated carbocycles. The summed E-state index contributed by atoms with van der Waals surface area (Å²) in [7, 11) is 0. The zero-order valence-corrected chi connectivity index (χ0v) is 13.5. The van der Waals surface area contributed by atoms with Gasteiger partial charge in [0, 0.05) is 23.5 Å². The van der Waals surface area contributed by atoms with Crippen LogP contribution in [0.2, 0.25) is 0 Å². The number of hydrogen-bond acceptors (Lipinski definition) is 5. The van der Waals surface area contributed by atoms with Gasteiger partial charge in [0.2, 0.25) is 0 Å². The molecule has 0 aliphatic rings. The van der Waals surface area contributed by atoms with Gasteiger partial charge in [-0.15, -0.1) is 5.10 Å². The molecule has 2 heterocycles. The van der Waals surface area contributed by atoms with Crippen LogP contribution in [0.25, 0.3) is 5.69 Å². The van der Waals surface area contributed by atoms with Crippen LogP contribution >= 0.6 is 0 Å². The van der Waals surface area contributed by atoms with Crippen molar-refractivity contribution in [1.29, 1.82) is 0 Å². The summed E-state index contributed by atoms with van der Waals surface area (Å²) < 4.78 is 41.5. The minimum Gasteiger partial charge on any atom is -0.337 e. The molecule has 26 heavy (non-hydrogen) atoms. The first kappa shape index (κ1) is 17.5. The predicted octanol–water partition coefficient (Wildman–Crippen LogP) is 2.40. The van der Waals surface area contributed by atoms with Crippen molar-refractivity contribution in [3.05, 3.63) is 65.7 Å². The largest absolute Gasteiger partial charge is 0.412 e. The molecule has 1 N–H and O–H groups in total. The van der Waals surface area contributed by atoms with E-state index in [0.717, 1.165) is 6.20 Å². The van der Waals surface area contributed by atoms with E-state index < -0.39 is 18.1 Å². The van der Waals surface area contributed by atoms with Crippen molar-refractivity contribution in [2.45, 2.75) is 19.1 Å². The Kier molecular flexibility index (Phi) is 4.65. The van der Waals surface area contributed by atoms with Crippen LogP contribution in [0.4, 0.5) is 13.2 Å². The Morgan fingerprint density at radius 3 is 2.65 bits per heavy atom. The van der Waals surface area contributed by atoms with Gasteiger partial charge in [0.15, 0.2) is 11.9 Å². The lowest BCUT2D eigenvalue weighted by Gasteiger charge is -2.21. The van der Waals surface area contributed by atoms with Crippen LogP contribution in [-0.2, 0) is 0 Å². The molecule has 0 spiro atoms. The normalized spacial score (nSPS) is 12.6. The molecule has 134 valence electrons. The molecule has 1 unspecified atom stereocenters.